The summed E-state index contributed by atoms with van der Waals surface area (Å²) in [5.74, 6) is -11.4. The SMILES string of the molecule is CC[C@H](C)[C@H](NC(=O)[C@H](C)NC(=O)CNC(=O)[C@H](CC(C)C)NC(=O)[C@@H](NC(=O)[C@@H](N)CC(C)C)[C@@H](C)CC)C(=O)N[C@@H](C)C(=O)NCC(=O)N[C@@H](Cc1ccccc1)C(=O)N[C@H](C(=O)N[C@@H](CCC(=O)O)C(=O)O)[C@@H](C)CC. The van der Waals surface area contributed by atoms with Crippen molar-refractivity contribution in [2.75, 3.05) is 13.1 Å². The minimum absolute atomic E-state index is 0.0655. The van der Waals surface area contributed by atoms with Gasteiger partial charge in [0.05, 0.1) is 19.1 Å². The zero-order valence-electron chi connectivity index (χ0n) is 47.9. The molecule has 0 aliphatic rings. The van der Waals surface area contributed by atoms with Crippen LogP contribution in [-0.2, 0) is 64.0 Å². The minimum atomic E-state index is -1.56. The number of carbonyl (C=O) groups is 12. The van der Waals surface area contributed by atoms with E-state index in [0.717, 1.165) is 0 Å². The topological polar surface area (TPSA) is 392 Å². The van der Waals surface area contributed by atoms with Crippen LogP contribution < -0.4 is 58.9 Å². The molecule has 0 aliphatic carbocycles. The number of nitrogens with two attached hydrogens (primary N) is 1. The fourth-order valence-electron chi connectivity index (χ4n) is 7.91. The van der Waals surface area contributed by atoms with E-state index in [1.54, 1.807) is 65.0 Å². The highest BCUT2D eigenvalue weighted by Gasteiger charge is 2.35. The van der Waals surface area contributed by atoms with E-state index in [-0.39, 0.29) is 30.6 Å². The van der Waals surface area contributed by atoms with Crippen LogP contribution >= 0.6 is 0 Å². The minimum Gasteiger partial charge on any atom is -0.481 e. The van der Waals surface area contributed by atoms with Crippen molar-refractivity contribution >= 4 is 71.0 Å². The average Bonchev–Trinajstić information content (AvgIpc) is 3.38. The second-order valence-corrected chi connectivity index (χ2v) is 21.1. The van der Waals surface area contributed by atoms with Gasteiger partial charge in [-0.1, -0.05) is 119 Å². The third-order valence-corrected chi connectivity index (χ3v) is 13.3. The van der Waals surface area contributed by atoms with Crippen LogP contribution in [0.15, 0.2) is 30.3 Å². The van der Waals surface area contributed by atoms with Crippen LogP contribution in [-0.4, -0.2) is 149 Å². The van der Waals surface area contributed by atoms with Crippen LogP contribution in [0.25, 0.3) is 0 Å². The Morgan fingerprint density at radius 3 is 1.35 bits per heavy atom. The molecule has 10 amide bonds. The summed E-state index contributed by atoms with van der Waals surface area (Å²) in [4.78, 5) is 157. The van der Waals surface area contributed by atoms with E-state index in [2.05, 4.69) is 53.2 Å². The number of benzene rings is 1. The molecule has 0 saturated heterocycles. The second-order valence-electron chi connectivity index (χ2n) is 21.1. The van der Waals surface area contributed by atoms with Crippen molar-refractivity contribution in [3.8, 4) is 0 Å². The fourth-order valence-corrected chi connectivity index (χ4v) is 7.91. The third-order valence-electron chi connectivity index (χ3n) is 13.3. The molecule has 0 fully saturated rings. The highest BCUT2D eigenvalue weighted by Crippen LogP contribution is 2.15. The standard InChI is InChI=1S/C54H89N11O14/c1-13-30(8)43(63-47(71)34(12)58-40(66)26-57-49(73)38(24-29(6)7)62-53(77)44(31(9)14-2)64-48(72)36(55)23-28(4)5)51(75)59-33(11)46(70)56-27-41(67)60-39(25-35-19-17-16-18-20-35)50(74)65-45(32(10)15-3)52(76)61-37(54(78)79)21-22-42(68)69/h16-20,28-34,36-39,43-45H,13-15,21-27,55H2,1-12H3,(H,56,70)(H,57,73)(H,58,66)(H,59,75)(H,60,67)(H,61,76)(H,62,77)(H,63,71)(H,64,72)(H,65,74)(H,68,69)(H,78,79)/t30-,31-,32-,33-,34-,36-,37-,38-,39-,43-,44-,45-/m0/s1. The number of carbonyl (C=O) groups excluding carboxylic acids is 10. The number of rotatable bonds is 36. The maximum Gasteiger partial charge on any atom is 0.326 e. The van der Waals surface area contributed by atoms with Crippen molar-refractivity contribution < 1.29 is 67.7 Å². The Bertz CT molecular complexity index is 2230. The molecule has 25 heteroatoms. The van der Waals surface area contributed by atoms with Crippen LogP contribution in [0.3, 0.4) is 0 Å². The van der Waals surface area contributed by atoms with Crippen LogP contribution in [0.5, 0.6) is 0 Å². The molecule has 25 nitrogen and oxygen atoms in total. The Morgan fingerprint density at radius 1 is 0.456 bits per heavy atom. The fraction of sp³-hybridized carbons (Fsp3) is 0.667. The predicted molar refractivity (Wildman–Crippen MR) is 293 cm³/mol. The van der Waals surface area contributed by atoms with Gasteiger partial charge < -0.3 is 69.1 Å². The molecule has 0 saturated carbocycles. The van der Waals surface area contributed by atoms with E-state index >= 15 is 0 Å². The molecule has 14 N–H and O–H groups in total. The quantitative estimate of drug-likeness (QED) is 0.0417. The molecule has 12 atom stereocenters. The Hall–Kier alpha value is -7.18. The van der Waals surface area contributed by atoms with Crippen LogP contribution in [0.4, 0.5) is 0 Å². The maximum absolute atomic E-state index is 13.8. The van der Waals surface area contributed by atoms with E-state index in [0.29, 0.717) is 31.2 Å². The van der Waals surface area contributed by atoms with Gasteiger partial charge in [0.25, 0.3) is 0 Å². The first-order valence-corrected chi connectivity index (χ1v) is 27.2. The Kier molecular flexibility index (Phi) is 31.3. The summed E-state index contributed by atoms with van der Waals surface area (Å²) in [5, 5.41) is 44.1. The summed E-state index contributed by atoms with van der Waals surface area (Å²) < 4.78 is 0. The molecule has 0 radical (unpaired) electrons. The van der Waals surface area contributed by atoms with Crippen LogP contribution in [0.2, 0.25) is 0 Å². The second kappa shape index (κ2) is 35.4. The number of nitrogens with one attached hydrogen (secondary N) is 10. The monoisotopic (exact) mass is 1120 g/mol. The predicted octanol–water partition coefficient (Wildman–Crippen LogP) is -0.113. The Balaban J connectivity index is 3.03. The number of amides is 10. The largest absolute Gasteiger partial charge is 0.481 e. The normalized spacial score (nSPS) is 15.7. The lowest BCUT2D eigenvalue weighted by molar-refractivity contribution is -0.144. The summed E-state index contributed by atoms with van der Waals surface area (Å²) in [6.07, 6.45) is 0.877. The van der Waals surface area contributed by atoms with E-state index in [1.165, 1.54) is 13.8 Å². The molecule has 0 aliphatic heterocycles. The number of aliphatic carboxylic acids is 2. The van der Waals surface area contributed by atoms with E-state index in [9.17, 15) is 62.6 Å². The molecular formula is C54H89N11O14. The molecule has 1 aromatic rings. The average molecular weight is 1120 g/mol. The Morgan fingerprint density at radius 2 is 0.886 bits per heavy atom. The smallest absolute Gasteiger partial charge is 0.326 e. The maximum atomic E-state index is 13.8. The van der Waals surface area contributed by atoms with Gasteiger partial charge in [0.1, 0.15) is 48.3 Å². The molecule has 1 aromatic carbocycles. The summed E-state index contributed by atoms with van der Waals surface area (Å²) in [6, 6.07) is -2.20. The number of carboxylic acids is 2. The molecule has 79 heavy (non-hydrogen) atoms. The summed E-state index contributed by atoms with van der Waals surface area (Å²) in [7, 11) is 0. The van der Waals surface area contributed by atoms with Gasteiger partial charge in [0.2, 0.25) is 59.1 Å². The van der Waals surface area contributed by atoms with Gasteiger partial charge in [-0.3, -0.25) is 52.7 Å². The lowest BCUT2D eigenvalue weighted by Crippen LogP contribution is -2.59. The van der Waals surface area contributed by atoms with Gasteiger partial charge >= 0.3 is 11.9 Å². The first kappa shape index (κ1) is 69.8. The zero-order chi connectivity index (χ0) is 60.3. The molecule has 0 bridgehead atoms. The lowest BCUT2D eigenvalue weighted by atomic mass is 9.96. The number of carboxylic acid groups (broad SMARTS) is 2. The van der Waals surface area contributed by atoms with Gasteiger partial charge in [-0.25, -0.2) is 4.79 Å². The van der Waals surface area contributed by atoms with Crippen LogP contribution in [0, 0.1) is 29.6 Å². The van der Waals surface area contributed by atoms with Crippen LogP contribution in [0.1, 0.15) is 134 Å². The van der Waals surface area contributed by atoms with Crippen molar-refractivity contribution in [3.63, 3.8) is 0 Å². The van der Waals surface area contributed by atoms with Crippen molar-refractivity contribution in [2.24, 2.45) is 35.3 Å². The van der Waals surface area contributed by atoms with Crippen molar-refractivity contribution in [1.29, 1.82) is 0 Å². The first-order valence-electron chi connectivity index (χ1n) is 27.2. The number of hydrogen-bond acceptors (Lipinski definition) is 13. The molecule has 0 spiro atoms. The molecular weight excluding hydrogens is 1030 g/mol. The van der Waals surface area contributed by atoms with Gasteiger partial charge in [-0.05, 0) is 68.3 Å². The lowest BCUT2D eigenvalue weighted by Gasteiger charge is -2.28. The summed E-state index contributed by atoms with van der Waals surface area (Å²) in [5.41, 5.74) is 6.69. The van der Waals surface area contributed by atoms with Crippen molar-refractivity contribution in [1.82, 2.24) is 53.2 Å². The molecule has 444 valence electrons. The van der Waals surface area contributed by atoms with Gasteiger partial charge in [-0.2, -0.15) is 0 Å². The van der Waals surface area contributed by atoms with E-state index < -0.39 is 163 Å². The number of hydrogen-bond donors (Lipinski definition) is 13. The highest BCUT2D eigenvalue weighted by atomic mass is 16.4. The van der Waals surface area contributed by atoms with Gasteiger partial charge in [0.15, 0.2) is 0 Å². The Labute approximate surface area is 463 Å². The molecule has 1 rings (SSSR count). The zero-order valence-corrected chi connectivity index (χ0v) is 47.9. The molecule has 0 aromatic heterocycles. The van der Waals surface area contributed by atoms with Crippen molar-refractivity contribution in [2.45, 2.75) is 189 Å². The third kappa shape index (κ3) is 25.9. The van der Waals surface area contributed by atoms with Gasteiger partial charge in [0, 0.05) is 12.8 Å². The van der Waals surface area contributed by atoms with Gasteiger partial charge in [-0.15, -0.1) is 0 Å². The first-order chi connectivity index (χ1) is 36.9. The summed E-state index contributed by atoms with van der Waals surface area (Å²) >= 11 is 0. The van der Waals surface area contributed by atoms with Crippen molar-refractivity contribution in [3.05, 3.63) is 35.9 Å². The molecule has 0 unspecified atom stereocenters. The summed E-state index contributed by atoms with van der Waals surface area (Å²) in [6.45, 7) is 19.4. The molecule has 0 heterocycles. The highest BCUT2D eigenvalue weighted by molar-refractivity contribution is 5.98. The van der Waals surface area contributed by atoms with E-state index in [4.69, 9.17) is 10.8 Å². The van der Waals surface area contributed by atoms with E-state index in [1.807, 2.05) is 34.6 Å².